The van der Waals surface area contributed by atoms with Crippen LogP contribution in [0.5, 0.6) is 5.75 Å². The van der Waals surface area contributed by atoms with Crippen LogP contribution in [0.15, 0.2) is 29.3 Å². The van der Waals surface area contributed by atoms with E-state index in [9.17, 15) is 0 Å². The van der Waals surface area contributed by atoms with Crippen molar-refractivity contribution in [2.45, 2.75) is 45.1 Å². The minimum absolute atomic E-state index is 0. The maximum absolute atomic E-state index is 5.66. The zero-order chi connectivity index (χ0) is 17.4. The largest absolute Gasteiger partial charge is 0.497 e. The maximum Gasteiger partial charge on any atom is 0.191 e. The molecule has 25 heavy (non-hydrogen) atoms. The van der Waals surface area contributed by atoms with Gasteiger partial charge in [0.25, 0.3) is 0 Å². The van der Waals surface area contributed by atoms with Gasteiger partial charge >= 0.3 is 0 Å². The second kappa shape index (κ2) is 10.9. The highest BCUT2D eigenvalue weighted by atomic mass is 127. The van der Waals surface area contributed by atoms with Crippen LogP contribution in [0.25, 0.3) is 0 Å². The molecule has 0 aliphatic carbocycles. The quantitative estimate of drug-likeness (QED) is 0.372. The Labute approximate surface area is 169 Å². The van der Waals surface area contributed by atoms with Crippen LogP contribution in [0, 0.1) is 0 Å². The lowest BCUT2D eigenvalue weighted by Crippen LogP contribution is -2.41. The van der Waals surface area contributed by atoms with Gasteiger partial charge in [-0.1, -0.05) is 26.0 Å². The zero-order valence-corrected chi connectivity index (χ0v) is 18.1. The number of methoxy groups -OCH3 is 1. The molecule has 1 aromatic rings. The number of benzene rings is 1. The summed E-state index contributed by atoms with van der Waals surface area (Å²) in [5, 5.41) is 6.71. The molecule has 1 unspecified atom stereocenters. The molecule has 1 atom stereocenters. The molecule has 142 valence electrons. The van der Waals surface area contributed by atoms with Gasteiger partial charge in [-0.2, -0.15) is 0 Å². The molecule has 1 fully saturated rings. The van der Waals surface area contributed by atoms with Crippen molar-refractivity contribution in [1.82, 2.24) is 10.6 Å². The molecule has 1 aromatic carbocycles. The second-order valence-corrected chi connectivity index (χ2v) is 6.82. The first-order valence-corrected chi connectivity index (χ1v) is 8.83. The summed E-state index contributed by atoms with van der Waals surface area (Å²) in [4.78, 5) is 4.77. The molecule has 0 aromatic heterocycles. The van der Waals surface area contributed by atoms with E-state index in [2.05, 4.69) is 43.5 Å². The average molecular weight is 461 g/mol. The topological polar surface area (TPSA) is 54.9 Å². The van der Waals surface area contributed by atoms with Gasteiger partial charge in [0, 0.05) is 25.1 Å². The molecule has 1 saturated heterocycles. The van der Waals surface area contributed by atoms with E-state index in [0.29, 0.717) is 12.6 Å². The fraction of sp³-hybridized carbons (Fsp3) is 0.632. The highest BCUT2D eigenvalue weighted by Crippen LogP contribution is 2.25. The van der Waals surface area contributed by atoms with Gasteiger partial charge in [0.2, 0.25) is 0 Å². The van der Waals surface area contributed by atoms with Crippen molar-refractivity contribution in [3.8, 4) is 5.75 Å². The van der Waals surface area contributed by atoms with Gasteiger partial charge in [-0.05, 0) is 37.5 Å². The van der Waals surface area contributed by atoms with Gasteiger partial charge in [0.1, 0.15) is 5.75 Å². The fourth-order valence-corrected chi connectivity index (χ4v) is 2.77. The van der Waals surface area contributed by atoms with Crippen LogP contribution in [0.4, 0.5) is 0 Å². The van der Waals surface area contributed by atoms with Gasteiger partial charge in [-0.15, -0.1) is 24.0 Å². The van der Waals surface area contributed by atoms with Crippen molar-refractivity contribution in [1.29, 1.82) is 0 Å². The van der Waals surface area contributed by atoms with E-state index in [1.165, 1.54) is 5.56 Å². The van der Waals surface area contributed by atoms with Crippen molar-refractivity contribution >= 4 is 29.9 Å². The highest BCUT2D eigenvalue weighted by Gasteiger charge is 2.21. The number of guanidine groups is 1. The lowest BCUT2D eigenvalue weighted by molar-refractivity contribution is 0.114. The third kappa shape index (κ3) is 7.01. The number of aliphatic imine (C=N–C) groups is 1. The fourth-order valence-electron chi connectivity index (χ4n) is 2.77. The van der Waals surface area contributed by atoms with Crippen molar-refractivity contribution in [3.63, 3.8) is 0 Å². The van der Waals surface area contributed by atoms with Crippen LogP contribution >= 0.6 is 24.0 Å². The van der Waals surface area contributed by atoms with Gasteiger partial charge in [0.15, 0.2) is 5.96 Å². The monoisotopic (exact) mass is 461 g/mol. The molecule has 0 saturated carbocycles. The van der Waals surface area contributed by atoms with Crippen molar-refractivity contribution < 1.29 is 9.47 Å². The Kier molecular flexibility index (Phi) is 9.56. The maximum atomic E-state index is 5.66. The van der Waals surface area contributed by atoms with Crippen LogP contribution < -0.4 is 15.4 Å². The molecule has 0 amide bonds. The third-order valence-corrected chi connectivity index (χ3v) is 4.37. The lowest BCUT2D eigenvalue weighted by atomic mass is 9.85. The SMILES string of the molecule is CCNC(=NCC(C)(C)c1ccc(OC)cc1)NCC1CCCO1.I. The van der Waals surface area contributed by atoms with E-state index in [4.69, 9.17) is 14.5 Å². The lowest BCUT2D eigenvalue weighted by Gasteiger charge is -2.24. The van der Waals surface area contributed by atoms with Gasteiger partial charge in [-0.3, -0.25) is 4.99 Å². The number of nitrogens with zero attached hydrogens (tertiary/aromatic N) is 1. The summed E-state index contributed by atoms with van der Waals surface area (Å²) < 4.78 is 10.9. The van der Waals surface area contributed by atoms with Gasteiger partial charge in [-0.25, -0.2) is 0 Å². The Morgan fingerprint density at radius 1 is 1.28 bits per heavy atom. The molecule has 0 radical (unpaired) electrons. The summed E-state index contributed by atoms with van der Waals surface area (Å²) in [5.74, 6) is 1.74. The van der Waals surface area contributed by atoms with Gasteiger partial charge in [0.05, 0.1) is 19.8 Å². The van der Waals surface area contributed by atoms with E-state index in [-0.39, 0.29) is 29.4 Å². The Balaban J connectivity index is 0.00000312. The molecule has 2 rings (SSSR count). The van der Waals surface area contributed by atoms with Crippen LogP contribution in [0.2, 0.25) is 0 Å². The minimum atomic E-state index is -0.0432. The molecule has 1 aliphatic rings. The van der Waals surface area contributed by atoms with Crippen LogP contribution in [0.1, 0.15) is 39.2 Å². The first kappa shape index (κ1) is 22.0. The van der Waals surface area contributed by atoms with Crippen LogP contribution in [-0.4, -0.2) is 45.4 Å². The summed E-state index contributed by atoms with van der Waals surface area (Å²) >= 11 is 0. The van der Waals surface area contributed by atoms with Crippen molar-refractivity contribution in [2.24, 2.45) is 4.99 Å². The zero-order valence-electron chi connectivity index (χ0n) is 15.8. The number of halogens is 1. The Bertz CT molecular complexity index is 526. The summed E-state index contributed by atoms with van der Waals surface area (Å²) in [6.45, 7) is 9.75. The van der Waals surface area contributed by atoms with Crippen LogP contribution in [0.3, 0.4) is 0 Å². The molecule has 2 N–H and O–H groups in total. The minimum Gasteiger partial charge on any atom is -0.497 e. The number of nitrogens with one attached hydrogen (secondary N) is 2. The second-order valence-electron chi connectivity index (χ2n) is 6.82. The molecule has 6 heteroatoms. The third-order valence-electron chi connectivity index (χ3n) is 4.37. The molecule has 5 nitrogen and oxygen atoms in total. The Morgan fingerprint density at radius 2 is 2.00 bits per heavy atom. The van der Waals surface area contributed by atoms with E-state index < -0.39 is 0 Å². The molecule has 1 aliphatic heterocycles. The standard InChI is InChI=1S/C19H31N3O2.HI/c1-5-20-18(21-13-17-7-6-12-24-17)22-14-19(2,3)15-8-10-16(23-4)11-9-15;/h8-11,17H,5-7,12-14H2,1-4H3,(H2,20,21,22);1H. The van der Waals surface area contributed by atoms with E-state index in [1.54, 1.807) is 7.11 Å². The number of rotatable bonds is 7. The number of ether oxygens (including phenoxy) is 2. The summed E-state index contributed by atoms with van der Waals surface area (Å²) in [6.07, 6.45) is 2.59. The first-order valence-electron chi connectivity index (χ1n) is 8.83. The first-order chi connectivity index (χ1) is 11.5. The smallest absolute Gasteiger partial charge is 0.191 e. The van der Waals surface area contributed by atoms with Crippen LogP contribution in [-0.2, 0) is 10.2 Å². The predicted octanol–water partition coefficient (Wildman–Crippen LogP) is 3.32. The molecule has 1 heterocycles. The van der Waals surface area contributed by atoms with E-state index in [1.807, 2.05) is 12.1 Å². The molecule has 0 bridgehead atoms. The highest BCUT2D eigenvalue weighted by molar-refractivity contribution is 14.0. The predicted molar refractivity (Wildman–Crippen MR) is 114 cm³/mol. The van der Waals surface area contributed by atoms with Crippen molar-refractivity contribution in [3.05, 3.63) is 29.8 Å². The Morgan fingerprint density at radius 3 is 2.56 bits per heavy atom. The molecular formula is C19H32IN3O2. The number of hydrogen-bond acceptors (Lipinski definition) is 3. The average Bonchev–Trinajstić information content (AvgIpc) is 3.11. The number of hydrogen-bond donors (Lipinski definition) is 2. The van der Waals surface area contributed by atoms with Gasteiger partial charge < -0.3 is 20.1 Å². The van der Waals surface area contributed by atoms with Crippen molar-refractivity contribution in [2.75, 3.05) is 33.4 Å². The molecular weight excluding hydrogens is 429 g/mol. The summed E-state index contributed by atoms with van der Waals surface area (Å²) in [5.41, 5.74) is 1.21. The summed E-state index contributed by atoms with van der Waals surface area (Å²) in [7, 11) is 1.69. The normalized spacial score (nSPS) is 17.8. The van der Waals surface area contributed by atoms with E-state index >= 15 is 0 Å². The summed E-state index contributed by atoms with van der Waals surface area (Å²) in [6, 6.07) is 8.23. The Hall–Kier alpha value is -1.02. The van der Waals surface area contributed by atoms with E-state index in [0.717, 1.165) is 44.2 Å². The molecule has 0 spiro atoms.